The van der Waals surface area contributed by atoms with Crippen molar-refractivity contribution < 1.29 is 4.79 Å². The van der Waals surface area contributed by atoms with E-state index >= 15 is 0 Å². The predicted octanol–water partition coefficient (Wildman–Crippen LogP) is 3.33. The number of nitrogens with one attached hydrogen (secondary N) is 1. The molecule has 1 aromatic rings. The third-order valence-electron chi connectivity index (χ3n) is 5.56. The van der Waals surface area contributed by atoms with Crippen LogP contribution in [0.3, 0.4) is 0 Å². The monoisotopic (exact) mass is 356 g/mol. The summed E-state index contributed by atoms with van der Waals surface area (Å²) in [6.45, 7) is 6.50. The van der Waals surface area contributed by atoms with E-state index in [1.54, 1.807) is 0 Å². The molecule has 7 N–H and O–H groups in total. The van der Waals surface area contributed by atoms with Gasteiger partial charge in [0.15, 0.2) is 0 Å². The number of anilines is 1. The number of hydrogen-bond donors (Lipinski definition) is 4. The molecule has 26 heavy (non-hydrogen) atoms. The van der Waals surface area contributed by atoms with Crippen LogP contribution in [0.4, 0.5) is 5.69 Å². The van der Waals surface area contributed by atoms with Crippen LogP contribution in [0, 0.1) is 11.3 Å². The molecule has 5 heteroatoms. The highest BCUT2D eigenvalue weighted by Gasteiger charge is 2.29. The fraction of sp³-hybridized carbons (Fsp3) is 0.476. The zero-order valence-electron chi connectivity index (χ0n) is 16.1. The van der Waals surface area contributed by atoms with Gasteiger partial charge in [-0.1, -0.05) is 51.8 Å². The second-order valence-corrected chi connectivity index (χ2v) is 7.96. The molecule has 0 saturated heterocycles. The van der Waals surface area contributed by atoms with Crippen molar-refractivity contribution in [3.63, 3.8) is 0 Å². The molecule has 2 rings (SSSR count). The number of carbonyl (C=O) groups is 1. The molecule has 1 amide bonds. The van der Waals surface area contributed by atoms with Gasteiger partial charge in [-0.25, -0.2) is 0 Å². The van der Waals surface area contributed by atoms with Gasteiger partial charge in [-0.3, -0.25) is 4.79 Å². The van der Waals surface area contributed by atoms with Crippen LogP contribution in [0.25, 0.3) is 5.70 Å². The SMILES string of the molecule is CC1CCC[C@H](N)C(=C/N)/C=C(\N)c2ccccc2NC(=O)CC1(C)C. The van der Waals surface area contributed by atoms with Crippen molar-refractivity contribution in [2.75, 3.05) is 5.32 Å². The standard InChI is InChI=1S/C21H32N4O/c1-14-7-6-9-17(23)15(13-22)11-18(24)16-8-4-5-10-19(16)25-20(26)12-21(14,2)3/h4-5,8,10-11,13-14,17H,6-7,9,12,22-24H2,1-3H3,(H,25,26)/b15-13+,18-11-/t14?,17-/m0/s1. The smallest absolute Gasteiger partial charge is 0.224 e. The Labute approximate surface area is 156 Å². The molecule has 5 nitrogen and oxygen atoms in total. The number of carbonyl (C=O) groups excluding carboxylic acids is 1. The summed E-state index contributed by atoms with van der Waals surface area (Å²) in [7, 11) is 0. The fourth-order valence-electron chi connectivity index (χ4n) is 3.36. The van der Waals surface area contributed by atoms with E-state index in [1.165, 1.54) is 6.20 Å². The largest absolute Gasteiger partial charge is 0.404 e. The van der Waals surface area contributed by atoms with E-state index in [0.717, 1.165) is 30.4 Å². The second-order valence-electron chi connectivity index (χ2n) is 7.96. The first kappa shape index (κ1) is 20.0. The Bertz CT molecular complexity index is 706. The molecule has 0 spiro atoms. The van der Waals surface area contributed by atoms with Gasteiger partial charge in [0.05, 0.1) is 5.69 Å². The van der Waals surface area contributed by atoms with Crippen LogP contribution >= 0.6 is 0 Å². The van der Waals surface area contributed by atoms with Gasteiger partial charge in [0.2, 0.25) is 5.91 Å². The lowest BCUT2D eigenvalue weighted by Crippen LogP contribution is -2.29. The van der Waals surface area contributed by atoms with Gasteiger partial charge in [-0.2, -0.15) is 0 Å². The van der Waals surface area contributed by atoms with Crippen molar-refractivity contribution in [1.29, 1.82) is 0 Å². The molecule has 2 atom stereocenters. The van der Waals surface area contributed by atoms with E-state index in [2.05, 4.69) is 26.1 Å². The molecule has 1 aliphatic heterocycles. The van der Waals surface area contributed by atoms with E-state index in [1.807, 2.05) is 30.3 Å². The van der Waals surface area contributed by atoms with Gasteiger partial charge in [-0.15, -0.1) is 0 Å². The zero-order chi connectivity index (χ0) is 19.3. The van der Waals surface area contributed by atoms with Crippen LogP contribution in [-0.2, 0) is 4.79 Å². The lowest BCUT2D eigenvalue weighted by atomic mass is 9.74. The zero-order valence-corrected chi connectivity index (χ0v) is 16.1. The maximum atomic E-state index is 12.6. The van der Waals surface area contributed by atoms with Gasteiger partial charge >= 0.3 is 0 Å². The van der Waals surface area contributed by atoms with Crippen molar-refractivity contribution in [3.8, 4) is 0 Å². The Balaban J connectivity index is 2.44. The van der Waals surface area contributed by atoms with Crippen LogP contribution in [0.1, 0.15) is 52.0 Å². The van der Waals surface area contributed by atoms with Gasteiger partial charge in [0, 0.05) is 23.7 Å². The van der Waals surface area contributed by atoms with Crippen LogP contribution in [0.2, 0.25) is 0 Å². The van der Waals surface area contributed by atoms with Gasteiger partial charge in [0.25, 0.3) is 0 Å². The van der Waals surface area contributed by atoms with Crippen LogP contribution in [-0.4, -0.2) is 11.9 Å². The molecule has 0 fully saturated rings. The number of hydrogen-bond acceptors (Lipinski definition) is 4. The summed E-state index contributed by atoms with van der Waals surface area (Å²) >= 11 is 0. The van der Waals surface area contributed by atoms with Gasteiger partial charge in [0.1, 0.15) is 0 Å². The highest BCUT2D eigenvalue weighted by Crippen LogP contribution is 2.35. The highest BCUT2D eigenvalue weighted by atomic mass is 16.1. The summed E-state index contributed by atoms with van der Waals surface area (Å²) in [6, 6.07) is 7.38. The first-order valence-corrected chi connectivity index (χ1v) is 9.28. The Morgan fingerprint density at radius 2 is 1.92 bits per heavy atom. The van der Waals surface area contributed by atoms with Crippen molar-refractivity contribution in [2.45, 2.75) is 52.5 Å². The van der Waals surface area contributed by atoms with E-state index < -0.39 is 0 Å². The Hall–Kier alpha value is -2.27. The van der Waals surface area contributed by atoms with Crippen molar-refractivity contribution in [1.82, 2.24) is 0 Å². The quantitative estimate of drug-likeness (QED) is 0.572. The van der Waals surface area contributed by atoms with Gasteiger partial charge < -0.3 is 22.5 Å². The number of rotatable bonds is 0. The third kappa shape index (κ3) is 4.88. The minimum atomic E-state index is -0.154. The molecule has 0 aromatic heterocycles. The summed E-state index contributed by atoms with van der Waals surface area (Å²) in [6.07, 6.45) is 6.64. The van der Waals surface area contributed by atoms with E-state index in [0.29, 0.717) is 23.7 Å². The summed E-state index contributed by atoms with van der Waals surface area (Å²) in [5.74, 6) is 0.412. The van der Waals surface area contributed by atoms with Crippen molar-refractivity contribution in [2.24, 2.45) is 28.5 Å². The molecule has 1 heterocycles. The number of para-hydroxylation sites is 1. The maximum absolute atomic E-state index is 12.6. The summed E-state index contributed by atoms with van der Waals surface area (Å²) in [4.78, 5) is 12.6. The van der Waals surface area contributed by atoms with Crippen LogP contribution < -0.4 is 22.5 Å². The maximum Gasteiger partial charge on any atom is 0.224 e. The van der Waals surface area contributed by atoms with Crippen molar-refractivity contribution in [3.05, 3.63) is 47.7 Å². The minimum absolute atomic E-state index is 0.00505. The molecule has 1 aromatic carbocycles. The first-order chi connectivity index (χ1) is 12.2. The minimum Gasteiger partial charge on any atom is -0.404 e. The molecular formula is C21H32N4O. The van der Waals surface area contributed by atoms with Crippen molar-refractivity contribution >= 4 is 17.3 Å². The van der Waals surface area contributed by atoms with Crippen LogP contribution in [0.5, 0.6) is 0 Å². The number of benzene rings is 1. The summed E-state index contributed by atoms with van der Waals surface area (Å²) < 4.78 is 0. The fourth-order valence-corrected chi connectivity index (χ4v) is 3.36. The lowest BCUT2D eigenvalue weighted by molar-refractivity contribution is -0.118. The molecule has 0 aliphatic carbocycles. The molecular weight excluding hydrogens is 324 g/mol. The Kier molecular flexibility index (Phi) is 6.48. The topological polar surface area (TPSA) is 107 Å². The Morgan fingerprint density at radius 3 is 2.62 bits per heavy atom. The lowest BCUT2D eigenvalue weighted by Gasteiger charge is -2.32. The molecule has 0 bridgehead atoms. The average Bonchev–Trinajstić information content (AvgIpc) is 2.58. The number of nitrogens with two attached hydrogens (primary N) is 3. The van der Waals surface area contributed by atoms with Crippen LogP contribution in [0.15, 0.2) is 42.1 Å². The van der Waals surface area contributed by atoms with E-state index in [9.17, 15) is 4.79 Å². The molecule has 1 unspecified atom stereocenters. The number of amides is 1. The average molecular weight is 357 g/mol. The second kappa shape index (κ2) is 8.41. The van der Waals surface area contributed by atoms with E-state index in [4.69, 9.17) is 17.2 Å². The number of fused-ring (bicyclic) bond motifs is 1. The predicted molar refractivity (Wildman–Crippen MR) is 109 cm³/mol. The normalized spacial score (nSPS) is 28.4. The Morgan fingerprint density at radius 1 is 1.23 bits per heavy atom. The van der Waals surface area contributed by atoms with Gasteiger partial charge in [-0.05, 0) is 41.7 Å². The summed E-state index contributed by atoms with van der Waals surface area (Å²) in [5.41, 5.74) is 21.2. The highest BCUT2D eigenvalue weighted by molar-refractivity contribution is 5.94. The molecule has 0 saturated carbocycles. The third-order valence-corrected chi connectivity index (χ3v) is 5.56. The molecule has 0 radical (unpaired) electrons. The first-order valence-electron chi connectivity index (χ1n) is 9.28. The molecule has 1 aliphatic rings. The summed E-state index contributed by atoms with van der Waals surface area (Å²) in [5, 5.41) is 3.02. The molecule has 142 valence electrons. The van der Waals surface area contributed by atoms with E-state index in [-0.39, 0.29) is 17.4 Å².